The van der Waals surface area contributed by atoms with Crippen LogP contribution in [0.15, 0.2) is 29.3 Å². The van der Waals surface area contributed by atoms with Crippen molar-refractivity contribution in [3.8, 4) is 5.75 Å². The van der Waals surface area contributed by atoms with Crippen LogP contribution in [0.1, 0.15) is 65.9 Å². The molecule has 7 amide bonds. The Hall–Kier alpha value is -5.99. The first kappa shape index (κ1) is 47.0. The van der Waals surface area contributed by atoms with E-state index in [-0.39, 0.29) is 37.5 Å². The van der Waals surface area contributed by atoms with Crippen LogP contribution in [0, 0.1) is 5.92 Å². The van der Waals surface area contributed by atoms with E-state index in [4.69, 9.17) is 17.2 Å². The average Bonchev–Trinajstić information content (AvgIpc) is 3.08. The van der Waals surface area contributed by atoms with Crippen molar-refractivity contribution in [3.63, 3.8) is 0 Å². The quantitative estimate of drug-likeness (QED) is 0.0290. The fourth-order valence-corrected chi connectivity index (χ4v) is 5.04. The van der Waals surface area contributed by atoms with Crippen molar-refractivity contribution in [2.75, 3.05) is 6.54 Å². The normalized spacial score (nSPS) is 14.7. The molecule has 0 aliphatic carbocycles. The Bertz CT molecular complexity index is 1550. The maximum Gasteiger partial charge on any atom is 0.303 e. The zero-order chi connectivity index (χ0) is 42.0. The molecule has 1 aromatic rings. The lowest BCUT2D eigenvalue weighted by Crippen LogP contribution is -2.62. The van der Waals surface area contributed by atoms with E-state index in [0.717, 1.165) is 6.92 Å². The zero-order valence-electron chi connectivity index (χ0n) is 31.5. The highest BCUT2D eigenvalue weighted by atomic mass is 16.4. The molecule has 0 radical (unpaired) electrons. The van der Waals surface area contributed by atoms with Crippen LogP contribution in [-0.4, -0.2) is 117 Å². The van der Waals surface area contributed by atoms with Crippen molar-refractivity contribution >= 4 is 53.3 Å². The molecule has 1 aromatic carbocycles. The Morgan fingerprint density at radius 1 is 0.691 bits per heavy atom. The van der Waals surface area contributed by atoms with Crippen molar-refractivity contribution in [2.24, 2.45) is 28.1 Å². The summed E-state index contributed by atoms with van der Waals surface area (Å²) >= 11 is 0. The number of aliphatic carboxylic acids is 1. The van der Waals surface area contributed by atoms with Crippen LogP contribution in [0.2, 0.25) is 0 Å². The third-order valence-electron chi connectivity index (χ3n) is 8.02. The van der Waals surface area contributed by atoms with Gasteiger partial charge in [0, 0.05) is 26.3 Å². The molecule has 0 saturated carbocycles. The van der Waals surface area contributed by atoms with Crippen LogP contribution < -0.4 is 49.1 Å². The second kappa shape index (κ2) is 22.9. The maximum absolute atomic E-state index is 13.6. The number of aromatic hydroxyl groups is 1. The Kier molecular flexibility index (Phi) is 19.6. The number of aliphatic hydroxyl groups is 1. The molecule has 0 fully saturated rings. The van der Waals surface area contributed by atoms with E-state index in [1.54, 1.807) is 13.8 Å². The van der Waals surface area contributed by atoms with Gasteiger partial charge in [0.2, 0.25) is 41.4 Å². The minimum absolute atomic E-state index is 0.0173. The molecule has 21 nitrogen and oxygen atoms in total. The maximum atomic E-state index is 13.6. The Labute approximate surface area is 318 Å². The largest absolute Gasteiger partial charge is 0.508 e. The summed E-state index contributed by atoms with van der Waals surface area (Å²) in [4.78, 5) is 106. The summed E-state index contributed by atoms with van der Waals surface area (Å²) in [7, 11) is 0. The van der Waals surface area contributed by atoms with Crippen LogP contribution in [0.5, 0.6) is 5.75 Å². The summed E-state index contributed by atoms with van der Waals surface area (Å²) in [5.41, 5.74) is 16.8. The number of aliphatic hydroxyl groups excluding tert-OH is 1. The second-order valence-electron chi connectivity index (χ2n) is 13.2. The number of nitrogens with two attached hydrogens (primary N) is 3. The van der Waals surface area contributed by atoms with Gasteiger partial charge in [0.1, 0.15) is 42.0 Å². The van der Waals surface area contributed by atoms with Crippen molar-refractivity contribution in [2.45, 2.75) is 109 Å². The predicted molar refractivity (Wildman–Crippen MR) is 197 cm³/mol. The first-order valence-corrected chi connectivity index (χ1v) is 17.4. The molecule has 306 valence electrons. The number of hydrogen-bond acceptors (Lipinski definition) is 11. The number of amides is 7. The Morgan fingerprint density at radius 3 is 1.69 bits per heavy atom. The van der Waals surface area contributed by atoms with Gasteiger partial charge in [0.15, 0.2) is 5.96 Å². The van der Waals surface area contributed by atoms with Gasteiger partial charge in [0.25, 0.3) is 0 Å². The molecule has 0 bridgehead atoms. The number of phenols is 1. The highest BCUT2D eigenvalue weighted by Crippen LogP contribution is 2.13. The van der Waals surface area contributed by atoms with Crippen LogP contribution in [-0.2, 0) is 44.8 Å². The topological polar surface area (TPSA) is 360 Å². The molecule has 0 aliphatic heterocycles. The lowest BCUT2D eigenvalue weighted by molar-refractivity contribution is -0.139. The highest BCUT2D eigenvalue weighted by Gasteiger charge is 2.35. The summed E-state index contributed by atoms with van der Waals surface area (Å²) < 4.78 is 0. The summed E-state index contributed by atoms with van der Waals surface area (Å²) in [6.07, 6.45) is -2.60. The van der Waals surface area contributed by atoms with Crippen LogP contribution in [0.3, 0.4) is 0 Å². The second-order valence-corrected chi connectivity index (χ2v) is 13.2. The number of phenolic OH excluding ortho intramolecular Hbond substituents is 1. The predicted octanol–water partition coefficient (Wildman–Crippen LogP) is -3.68. The molecule has 55 heavy (non-hydrogen) atoms. The summed E-state index contributed by atoms with van der Waals surface area (Å²) in [6, 6.07) is -2.42. The number of hydrogen-bond donors (Lipinski definition) is 12. The van der Waals surface area contributed by atoms with E-state index in [2.05, 4.69) is 36.9 Å². The molecular weight excluding hydrogens is 724 g/mol. The molecule has 15 N–H and O–H groups in total. The smallest absolute Gasteiger partial charge is 0.303 e. The van der Waals surface area contributed by atoms with Gasteiger partial charge >= 0.3 is 5.97 Å². The van der Waals surface area contributed by atoms with Gasteiger partial charge in [-0.25, -0.2) is 0 Å². The van der Waals surface area contributed by atoms with Gasteiger partial charge in [0.05, 0.1) is 6.10 Å². The number of carboxylic acids is 1. The van der Waals surface area contributed by atoms with Crippen molar-refractivity contribution in [1.82, 2.24) is 31.9 Å². The molecule has 0 heterocycles. The fourth-order valence-electron chi connectivity index (χ4n) is 5.04. The average molecular weight is 779 g/mol. The number of guanidine groups is 1. The molecule has 21 heteroatoms. The molecular formula is C34H54N10O11. The van der Waals surface area contributed by atoms with Crippen LogP contribution in [0.25, 0.3) is 0 Å². The van der Waals surface area contributed by atoms with Crippen LogP contribution in [0.4, 0.5) is 0 Å². The van der Waals surface area contributed by atoms with E-state index in [1.165, 1.54) is 38.1 Å². The number of nitrogens with one attached hydrogen (secondary N) is 6. The molecule has 0 spiro atoms. The monoisotopic (exact) mass is 778 g/mol. The molecule has 1 rings (SSSR count). The molecule has 0 saturated heterocycles. The first-order chi connectivity index (χ1) is 25.6. The van der Waals surface area contributed by atoms with Gasteiger partial charge in [-0.3, -0.25) is 43.3 Å². The lowest BCUT2D eigenvalue weighted by Gasteiger charge is -2.29. The minimum atomic E-state index is -1.74. The number of carbonyl (C=O) groups is 8. The highest BCUT2D eigenvalue weighted by molar-refractivity contribution is 5.97. The number of primary amides is 1. The fraction of sp³-hybridized carbons (Fsp3) is 0.559. The van der Waals surface area contributed by atoms with Crippen molar-refractivity contribution in [1.29, 1.82) is 0 Å². The molecule has 0 aromatic heterocycles. The number of carboxylic acid groups (broad SMARTS) is 1. The molecule has 7 atom stereocenters. The first-order valence-electron chi connectivity index (χ1n) is 17.4. The summed E-state index contributed by atoms with van der Waals surface area (Å²) in [5, 5.41) is 43.9. The SMILES string of the molecule is CC(=O)N[C@@H](C)C(=O)N[C@@H](CCCN=C(N)N)C(=O)N[C@H](C(=O)N[C@@H](CCC(=O)O)C(=O)N[C@H](C(=O)N[C@@H](Cc1ccc(O)cc1)C(N)=O)C(C)C)[C@@H](C)O. The Morgan fingerprint density at radius 2 is 1.20 bits per heavy atom. The Balaban J connectivity index is 3.24. The lowest BCUT2D eigenvalue weighted by atomic mass is 10.00. The van der Waals surface area contributed by atoms with E-state index in [9.17, 15) is 53.7 Å². The number of carbonyl (C=O) groups excluding carboxylic acids is 7. The number of nitrogens with zero attached hydrogens (tertiary/aromatic N) is 1. The van der Waals surface area contributed by atoms with Gasteiger partial charge in [-0.05, 0) is 56.7 Å². The van der Waals surface area contributed by atoms with Gasteiger partial charge in [-0.15, -0.1) is 0 Å². The van der Waals surface area contributed by atoms with Crippen molar-refractivity contribution < 1.29 is 53.7 Å². The third-order valence-corrected chi connectivity index (χ3v) is 8.02. The van der Waals surface area contributed by atoms with E-state index in [0.29, 0.717) is 5.56 Å². The van der Waals surface area contributed by atoms with Crippen molar-refractivity contribution in [3.05, 3.63) is 29.8 Å². The standard InChI is InChI=1S/C34H54N10O11/c1-16(2)26(32(54)42-24(28(35)50)15-20-8-10-21(47)11-9-20)43-31(53)23(12-13-25(48)49)41-33(55)27(18(4)45)44-30(52)22(7-6-14-38-34(36)37)40-29(51)17(3)39-19(5)46/h8-11,16-18,22-24,26-27,45,47H,6-7,12-15H2,1-5H3,(H2,35,50)(H,39,46)(H,40,51)(H,41,55)(H,42,54)(H,43,53)(H,44,52)(H,48,49)(H4,36,37,38)/t17-,18+,22-,23-,24-,26-,27-/m0/s1. The number of aliphatic imine (C=N–C) groups is 1. The van der Waals surface area contributed by atoms with Gasteiger partial charge in [-0.2, -0.15) is 0 Å². The zero-order valence-corrected chi connectivity index (χ0v) is 31.5. The minimum Gasteiger partial charge on any atom is -0.508 e. The van der Waals surface area contributed by atoms with E-state index in [1.807, 2.05) is 0 Å². The number of rotatable bonds is 23. The van der Waals surface area contributed by atoms with E-state index < -0.39 is 108 Å². The summed E-state index contributed by atoms with van der Waals surface area (Å²) in [6.45, 7) is 6.96. The van der Waals surface area contributed by atoms with Crippen LogP contribution >= 0.6 is 0 Å². The van der Waals surface area contributed by atoms with Gasteiger partial charge < -0.3 is 64.4 Å². The molecule has 0 aliphatic rings. The van der Waals surface area contributed by atoms with Gasteiger partial charge in [-0.1, -0.05) is 26.0 Å². The third kappa shape index (κ3) is 17.6. The van der Waals surface area contributed by atoms with E-state index >= 15 is 0 Å². The molecule has 0 unspecified atom stereocenters. The number of benzene rings is 1. The summed E-state index contributed by atoms with van der Waals surface area (Å²) in [5.74, 6) is -8.14.